The summed E-state index contributed by atoms with van der Waals surface area (Å²) >= 11 is 0. The number of nitrogens with two attached hydrogens (primary N) is 4. The number of phenolic OH excluding ortho intramolecular Hbond substituents is 1. The molecule has 0 bridgehead atoms. The predicted octanol–water partition coefficient (Wildman–Crippen LogP) is -4.44. The van der Waals surface area contributed by atoms with Crippen LogP contribution < -0.4 is 60.2 Å². The number of nitrogens with one attached hydrogen (secondary N) is 7. The molecule has 0 radical (unpaired) electrons. The first-order chi connectivity index (χ1) is 32.8. The van der Waals surface area contributed by atoms with Crippen molar-refractivity contribution >= 4 is 86.6 Å². The number of primary amides is 3. The second-order valence-corrected chi connectivity index (χ2v) is 18.8. The number of nitrogens with zero attached hydrogens (tertiary/aromatic N) is 1. The minimum atomic E-state index is -1.76. The fourth-order valence-electron chi connectivity index (χ4n) is 7.24. The lowest BCUT2D eigenvalue weighted by Gasteiger charge is -2.30. The van der Waals surface area contributed by atoms with Crippen molar-refractivity contribution in [3.63, 3.8) is 0 Å². The van der Waals surface area contributed by atoms with E-state index in [-0.39, 0.29) is 56.0 Å². The van der Waals surface area contributed by atoms with E-state index in [9.17, 15) is 57.8 Å². The van der Waals surface area contributed by atoms with Crippen molar-refractivity contribution in [2.45, 2.75) is 93.7 Å². The zero-order valence-electron chi connectivity index (χ0n) is 37.4. The Hall–Kier alpha value is -6.93. The van der Waals surface area contributed by atoms with Crippen molar-refractivity contribution in [3.8, 4) is 5.75 Å². The molecule has 2 saturated heterocycles. The highest BCUT2D eigenvalue weighted by Crippen LogP contribution is 2.26. The molecule has 24 nitrogen and oxygen atoms in total. The summed E-state index contributed by atoms with van der Waals surface area (Å²) in [4.78, 5) is 147. The van der Waals surface area contributed by atoms with Gasteiger partial charge in [-0.2, -0.15) is 0 Å². The van der Waals surface area contributed by atoms with E-state index >= 15 is 0 Å². The van der Waals surface area contributed by atoms with E-state index in [1.54, 1.807) is 42.5 Å². The minimum Gasteiger partial charge on any atom is -0.508 e. The maximum atomic E-state index is 14.4. The molecule has 0 saturated carbocycles. The Balaban J connectivity index is 1.69. The SMILES string of the molecule is NC[C@H](NC(=O)[C@@H]1CCCN1C(=O)[C@@H]1CSSCCC(=O)N[C@@H](Cc2ccc(O)cc2)C(=O)N[C@@H](Cc2ccccc2)C(=O)N[C@@H](CCC(N)=O)C(=O)N[C@@H](CC(N)=O)C(=O)N1)C(=O)NCC(N)=O. The molecule has 0 unspecified atom stereocenters. The molecule has 69 heavy (non-hydrogen) atoms. The van der Waals surface area contributed by atoms with E-state index in [1.807, 2.05) is 0 Å². The smallest absolute Gasteiger partial charge is 0.246 e. The van der Waals surface area contributed by atoms with Crippen molar-refractivity contribution in [1.82, 2.24) is 42.1 Å². The highest BCUT2D eigenvalue weighted by molar-refractivity contribution is 8.76. The lowest BCUT2D eigenvalue weighted by Crippen LogP contribution is -2.61. The third kappa shape index (κ3) is 17.9. The Bertz CT molecular complexity index is 2210. The van der Waals surface area contributed by atoms with Gasteiger partial charge in [0.2, 0.25) is 65.0 Å². The monoisotopic (exact) mass is 998 g/mol. The molecule has 7 atom stereocenters. The van der Waals surface area contributed by atoms with Crippen LogP contribution >= 0.6 is 21.6 Å². The molecule has 2 heterocycles. The number of carbonyl (C=O) groups excluding carboxylic acids is 11. The van der Waals surface area contributed by atoms with Crippen LogP contribution in [-0.4, -0.2) is 148 Å². The average molecular weight is 999 g/mol. The summed E-state index contributed by atoms with van der Waals surface area (Å²) in [6.45, 7) is -0.855. The first-order valence-corrected chi connectivity index (χ1v) is 24.3. The zero-order chi connectivity index (χ0) is 50.6. The largest absolute Gasteiger partial charge is 0.508 e. The highest BCUT2D eigenvalue weighted by Gasteiger charge is 2.40. The van der Waals surface area contributed by atoms with Crippen molar-refractivity contribution < 1.29 is 57.8 Å². The molecule has 4 rings (SSSR count). The molecule has 2 aliphatic rings. The number of benzene rings is 2. The van der Waals surface area contributed by atoms with Crippen LogP contribution in [0.2, 0.25) is 0 Å². The van der Waals surface area contributed by atoms with Gasteiger partial charge in [0.1, 0.15) is 48.0 Å². The lowest BCUT2D eigenvalue weighted by molar-refractivity contribution is -0.142. The number of likely N-dealkylation sites (tertiary alicyclic amines) is 1. The van der Waals surface area contributed by atoms with Gasteiger partial charge in [-0.15, -0.1) is 0 Å². The molecule has 374 valence electrons. The maximum absolute atomic E-state index is 14.4. The molecular weight excluding hydrogens is 941 g/mol. The van der Waals surface area contributed by atoms with E-state index in [0.29, 0.717) is 17.5 Å². The zero-order valence-corrected chi connectivity index (χ0v) is 39.1. The van der Waals surface area contributed by atoms with Gasteiger partial charge < -0.3 is 70.2 Å². The van der Waals surface area contributed by atoms with Gasteiger partial charge in [-0.1, -0.05) is 64.1 Å². The summed E-state index contributed by atoms with van der Waals surface area (Å²) in [5.41, 5.74) is 22.9. The van der Waals surface area contributed by atoms with Crippen LogP contribution in [0.5, 0.6) is 5.75 Å². The molecule has 0 aliphatic carbocycles. The van der Waals surface area contributed by atoms with Crippen molar-refractivity contribution in [2.24, 2.45) is 22.9 Å². The average Bonchev–Trinajstić information content (AvgIpc) is 3.80. The summed E-state index contributed by atoms with van der Waals surface area (Å²) < 4.78 is 0. The molecule has 2 aliphatic heterocycles. The Kier molecular flexibility index (Phi) is 21.5. The van der Waals surface area contributed by atoms with Crippen molar-refractivity contribution in [2.75, 3.05) is 31.1 Å². The van der Waals surface area contributed by atoms with Gasteiger partial charge in [-0.25, -0.2) is 0 Å². The van der Waals surface area contributed by atoms with Crippen molar-refractivity contribution in [1.29, 1.82) is 0 Å². The van der Waals surface area contributed by atoms with E-state index in [0.717, 1.165) is 21.6 Å². The molecule has 26 heteroatoms. The molecule has 2 aromatic rings. The number of amides is 11. The number of hydrogen-bond acceptors (Lipinski definition) is 15. The van der Waals surface area contributed by atoms with Gasteiger partial charge in [0.15, 0.2) is 0 Å². The summed E-state index contributed by atoms with van der Waals surface area (Å²) in [5, 5.41) is 27.5. The molecule has 2 aromatic carbocycles. The summed E-state index contributed by atoms with van der Waals surface area (Å²) in [7, 11) is 2.19. The molecule has 11 amide bonds. The van der Waals surface area contributed by atoms with Gasteiger partial charge in [0.05, 0.1) is 13.0 Å². The van der Waals surface area contributed by atoms with Crippen LogP contribution in [-0.2, 0) is 65.6 Å². The topological polar surface area (TPSA) is 400 Å². The molecule has 0 spiro atoms. The van der Waals surface area contributed by atoms with E-state index in [1.165, 1.54) is 17.0 Å². The predicted molar refractivity (Wildman–Crippen MR) is 251 cm³/mol. The molecule has 2 fully saturated rings. The fraction of sp³-hybridized carbons (Fsp3) is 0.465. The van der Waals surface area contributed by atoms with Crippen molar-refractivity contribution in [3.05, 3.63) is 65.7 Å². The van der Waals surface area contributed by atoms with Crippen LogP contribution in [0.15, 0.2) is 54.6 Å². The Labute approximate surface area is 404 Å². The standard InChI is InChI=1S/C43H58N12O12S2/c44-20-30(37(61)48-21-35(47)59)53-42(66)32-7-4-15-55(32)43(67)31-22-69-68-16-14-36(60)49-27(18-24-8-10-25(56)11-9-24)39(63)51-28(17-23-5-2-1-3-6-23)40(64)50-26(12-13-33(45)57)38(62)52-29(19-34(46)58)41(65)54-31/h1-3,5-6,8-11,26-32,56H,4,7,12-22,44H2,(H2,45,57)(H2,46,58)(H2,47,59)(H,48,61)(H,49,60)(H,50,64)(H,51,63)(H,52,62)(H,53,66)(H,54,65)/t26-,27-,28-,29-,30-,31-,32-/m0/s1. The Morgan fingerprint density at radius 3 is 1.94 bits per heavy atom. The van der Waals surface area contributed by atoms with Crippen LogP contribution in [0.1, 0.15) is 49.7 Å². The van der Waals surface area contributed by atoms with Gasteiger partial charge in [0.25, 0.3) is 0 Å². The molecular formula is C43H58N12O12S2. The van der Waals surface area contributed by atoms with E-state index in [4.69, 9.17) is 22.9 Å². The van der Waals surface area contributed by atoms with E-state index < -0.39 is 133 Å². The number of aromatic hydroxyl groups is 1. The molecule has 16 N–H and O–H groups in total. The first kappa shape index (κ1) is 54.7. The highest BCUT2D eigenvalue weighted by atomic mass is 33.1. The quantitative estimate of drug-likeness (QED) is 0.0707. The van der Waals surface area contributed by atoms with Crippen LogP contribution in [0.3, 0.4) is 0 Å². The van der Waals surface area contributed by atoms with Crippen LogP contribution in [0, 0.1) is 0 Å². The van der Waals surface area contributed by atoms with Gasteiger partial charge >= 0.3 is 0 Å². The van der Waals surface area contributed by atoms with Crippen LogP contribution in [0.4, 0.5) is 0 Å². The first-order valence-electron chi connectivity index (χ1n) is 21.9. The second-order valence-electron chi connectivity index (χ2n) is 16.1. The Morgan fingerprint density at radius 2 is 1.32 bits per heavy atom. The van der Waals surface area contributed by atoms with Gasteiger partial charge in [-0.3, -0.25) is 52.7 Å². The second kappa shape index (κ2) is 27.2. The summed E-state index contributed by atoms with van der Waals surface area (Å²) in [6.07, 6.45) is -1.50. The summed E-state index contributed by atoms with van der Waals surface area (Å²) in [5.74, 6) is -9.56. The normalized spacial score (nSPS) is 22.6. The number of hydrogen-bond donors (Lipinski definition) is 12. The van der Waals surface area contributed by atoms with Gasteiger partial charge in [-0.05, 0) is 42.5 Å². The minimum absolute atomic E-state index is 0.0370. The van der Waals surface area contributed by atoms with Gasteiger partial charge in [0, 0.05) is 50.3 Å². The number of phenols is 1. The van der Waals surface area contributed by atoms with E-state index in [2.05, 4.69) is 37.2 Å². The third-order valence-corrected chi connectivity index (χ3v) is 13.2. The fourth-order valence-corrected chi connectivity index (χ4v) is 9.39. The summed E-state index contributed by atoms with van der Waals surface area (Å²) in [6, 6.07) is 4.52. The van der Waals surface area contributed by atoms with Crippen LogP contribution in [0.25, 0.3) is 0 Å². The third-order valence-electron chi connectivity index (χ3n) is 10.8. The number of rotatable bonds is 16. The number of carbonyl (C=O) groups is 11. The maximum Gasteiger partial charge on any atom is 0.246 e. The molecule has 0 aromatic heterocycles. The lowest BCUT2D eigenvalue weighted by atomic mass is 10.0. The Morgan fingerprint density at radius 1 is 0.725 bits per heavy atom.